The first-order valence-corrected chi connectivity index (χ1v) is 5.37. The van der Waals surface area contributed by atoms with E-state index in [1.165, 1.54) is 6.08 Å². The highest BCUT2D eigenvalue weighted by molar-refractivity contribution is 7.87. The summed E-state index contributed by atoms with van der Waals surface area (Å²) in [5.41, 5.74) is 10.5. The quantitative estimate of drug-likeness (QED) is 0.444. The number of nitrogens with zero attached hydrogens (tertiary/aromatic N) is 4. The SMILES string of the molecule is C=CCN(c1nc(N)nc(N)n1)S(=O)(=O)O. The van der Waals surface area contributed by atoms with Gasteiger partial charge in [0.1, 0.15) is 0 Å². The van der Waals surface area contributed by atoms with Crippen molar-refractivity contribution in [3.63, 3.8) is 0 Å². The second kappa shape index (κ2) is 4.28. The van der Waals surface area contributed by atoms with Gasteiger partial charge in [-0.2, -0.15) is 23.4 Å². The van der Waals surface area contributed by atoms with E-state index in [0.717, 1.165) is 0 Å². The second-order valence-electron chi connectivity index (χ2n) is 2.65. The molecule has 0 saturated carbocycles. The Morgan fingerprint density at radius 1 is 1.31 bits per heavy atom. The molecular formula is C6H10N6O3S. The van der Waals surface area contributed by atoms with Gasteiger partial charge in [0.15, 0.2) is 0 Å². The Hall–Kier alpha value is -1.94. The molecule has 1 heterocycles. The lowest BCUT2D eigenvalue weighted by Gasteiger charge is -2.16. The van der Waals surface area contributed by atoms with Gasteiger partial charge in [-0.25, -0.2) is 4.31 Å². The number of nitrogen functional groups attached to an aromatic ring is 2. The summed E-state index contributed by atoms with van der Waals surface area (Å²) < 4.78 is 31.4. The summed E-state index contributed by atoms with van der Waals surface area (Å²) in [5, 5.41) is 0. The van der Waals surface area contributed by atoms with E-state index in [9.17, 15) is 8.42 Å². The van der Waals surface area contributed by atoms with Crippen LogP contribution in [0.5, 0.6) is 0 Å². The van der Waals surface area contributed by atoms with Crippen LogP contribution >= 0.6 is 0 Å². The van der Waals surface area contributed by atoms with Gasteiger partial charge in [-0.05, 0) is 0 Å². The van der Waals surface area contributed by atoms with E-state index < -0.39 is 10.3 Å². The van der Waals surface area contributed by atoms with Gasteiger partial charge in [0, 0.05) is 0 Å². The van der Waals surface area contributed by atoms with Gasteiger partial charge in [-0.1, -0.05) is 6.08 Å². The molecule has 16 heavy (non-hydrogen) atoms. The lowest BCUT2D eigenvalue weighted by Crippen LogP contribution is -2.32. The average molecular weight is 246 g/mol. The summed E-state index contributed by atoms with van der Waals surface area (Å²) >= 11 is 0. The highest BCUT2D eigenvalue weighted by Gasteiger charge is 2.21. The highest BCUT2D eigenvalue weighted by Crippen LogP contribution is 2.13. The first kappa shape index (κ1) is 12.1. The van der Waals surface area contributed by atoms with Crippen molar-refractivity contribution in [3.8, 4) is 0 Å². The number of hydrogen-bond acceptors (Lipinski definition) is 7. The van der Waals surface area contributed by atoms with Crippen molar-refractivity contribution in [1.29, 1.82) is 0 Å². The monoisotopic (exact) mass is 246 g/mol. The van der Waals surface area contributed by atoms with E-state index in [1.54, 1.807) is 0 Å². The molecule has 0 radical (unpaired) electrons. The predicted molar refractivity (Wildman–Crippen MR) is 57.7 cm³/mol. The Kier molecular flexibility index (Phi) is 3.25. The first-order chi connectivity index (χ1) is 7.34. The molecule has 0 aromatic carbocycles. The van der Waals surface area contributed by atoms with Crippen LogP contribution < -0.4 is 15.8 Å². The highest BCUT2D eigenvalue weighted by atomic mass is 32.2. The summed E-state index contributed by atoms with van der Waals surface area (Å²) in [6, 6.07) is 0. The van der Waals surface area contributed by atoms with Crippen molar-refractivity contribution in [2.75, 3.05) is 22.3 Å². The molecule has 1 aromatic rings. The number of nitrogens with two attached hydrogens (primary N) is 2. The fourth-order valence-corrected chi connectivity index (χ4v) is 1.49. The fourth-order valence-electron chi connectivity index (χ4n) is 0.905. The van der Waals surface area contributed by atoms with Crippen molar-refractivity contribution < 1.29 is 13.0 Å². The molecule has 10 heteroatoms. The van der Waals surface area contributed by atoms with Gasteiger partial charge in [-0.15, -0.1) is 6.58 Å². The maximum absolute atomic E-state index is 11.0. The summed E-state index contributed by atoms with van der Waals surface area (Å²) in [6.45, 7) is 3.11. The Balaban J connectivity index is 3.26. The smallest absolute Gasteiger partial charge is 0.362 e. The maximum atomic E-state index is 11.0. The summed E-state index contributed by atoms with van der Waals surface area (Å²) in [5.74, 6) is -0.868. The van der Waals surface area contributed by atoms with Crippen LogP contribution in [0, 0.1) is 0 Å². The van der Waals surface area contributed by atoms with Gasteiger partial charge in [-0.3, -0.25) is 4.55 Å². The molecule has 1 aromatic heterocycles. The van der Waals surface area contributed by atoms with E-state index >= 15 is 0 Å². The molecule has 0 aliphatic heterocycles. The van der Waals surface area contributed by atoms with Crippen molar-refractivity contribution in [1.82, 2.24) is 15.0 Å². The molecule has 0 unspecified atom stereocenters. The van der Waals surface area contributed by atoms with E-state index in [1.807, 2.05) is 0 Å². The van der Waals surface area contributed by atoms with Crippen LogP contribution in [-0.2, 0) is 10.3 Å². The van der Waals surface area contributed by atoms with Crippen LogP contribution in [0.25, 0.3) is 0 Å². The zero-order valence-electron chi connectivity index (χ0n) is 8.11. The van der Waals surface area contributed by atoms with Crippen molar-refractivity contribution in [3.05, 3.63) is 12.7 Å². The third-order valence-electron chi connectivity index (χ3n) is 1.45. The molecule has 0 amide bonds. The third-order valence-corrected chi connectivity index (χ3v) is 2.32. The predicted octanol–water partition coefficient (Wildman–Crippen LogP) is -1.17. The zero-order chi connectivity index (χ0) is 12.3. The minimum absolute atomic E-state index is 0.221. The molecule has 0 atom stereocenters. The molecule has 1 rings (SSSR count). The third kappa shape index (κ3) is 2.77. The van der Waals surface area contributed by atoms with Gasteiger partial charge in [0.25, 0.3) is 0 Å². The van der Waals surface area contributed by atoms with E-state index in [-0.39, 0.29) is 24.4 Å². The average Bonchev–Trinajstić information content (AvgIpc) is 2.10. The summed E-state index contributed by atoms with van der Waals surface area (Å²) in [7, 11) is -4.52. The lowest BCUT2D eigenvalue weighted by molar-refractivity contribution is 0.478. The summed E-state index contributed by atoms with van der Waals surface area (Å²) in [6.07, 6.45) is 1.24. The molecule has 0 bridgehead atoms. The first-order valence-electron chi connectivity index (χ1n) is 3.97. The van der Waals surface area contributed by atoms with Gasteiger partial charge in [0.05, 0.1) is 6.54 Å². The van der Waals surface area contributed by atoms with E-state index in [0.29, 0.717) is 4.31 Å². The Bertz CT molecular complexity index is 481. The van der Waals surface area contributed by atoms with Gasteiger partial charge >= 0.3 is 10.3 Å². The van der Waals surface area contributed by atoms with Crippen molar-refractivity contribution >= 4 is 28.1 Å². The van der Waals surface area contributed by atoms with Gasteiger partial charge in [0.2, 0.25) is 17.8 Å². The molecule has 0 fully saturated rings. The normalized spacial score (nSPS) is 11.1. The number of hydrogen-bond donors (Lipinski definition) is 3. The molecule has 0 spiro atoms. The molecule has 0 aliphatic carbocycles. The summed E-state index contributed by atoms with van der Waals surface area (Å²) in [4.78, 5) is 10.5. The maximum Gasteiger partial charge on any atom is 0.362 e. The number of aromatic nitrogens is 3. The van der Waals surface area contributed by atoms with Crippen molar-refractivity contribution in [2.45, 2.75) is 0 Å². The molecule has 5 N–H and O–H groups in total. The van der Waals surface area contributed by atoms with Crippen LogP contribution in [0.3, 0.4) is 0 Å². The second-order valence-corrected chi connectivity index (χ2v) is 3.99. The molecule has 88 valence electrons. The van der Waals surface area contributed by atoms with Crippen LogP contribution in [-0.4, -0.2) is 34.5 Å². The minimum atomic E-state index is -4.52. The van der Waals surface area contributed by atoms with Crippen LogP contribution in [0.4, 0.5) is 17.8 Å². The van der Waals surface area contributed by atoms with Gasteiger partial charge < -0.3 is 11.5 Å². The molecular weight excluding hydrogens is 236 g/mol. The standard InChI is InChI=1S/C6H10N6O3S/c1-2-3-12(16(13,14)15)6-10-4(7)9-5(8)11-6/h2H,1,3H2,(H,13,14,15)(H4,7,8,9,10,11). The van der Waals surface area contributed by atoms with E-state index in [4.69, 9.17) is 16.0 Å². The van der Waals surface area contributed by atoms with Crippen molar-refractivity contribution in [2.24, 2.45) is 0 Å². The molecule has 9 nitrogen and oxygen atoms in total. The zero-order valence-corrected chi connectivity index (χ0v) is 8.92. The Morgan fingerprint density at radius 3 is 2.19 bits per heavy atom. The van der Waals surface area contributed by atoms with Crippen LogP contribution in [0.1, 0.15) is 0 Å². The lowest BCUT2D eigenvalue weighted by atomic mass is 10.6. The minimum Gasteiger partial charge on any atom is -0.368 e. The molecule has 0 aliphatic rings. The fraction of sp³-hybridized carbons (Fsp3) is 0.167. The van der Waals surface area contributed by atoms with Crippen LogP contribution in [0.15, 0.2) is 12.7 Å². The topological polar surface area (TPSA) is 148 Å². The molecule has 0 saturated heterocycles. The Labute approximate surface area is 91.7 Å². The Morgan fingerprint density at radius 2 is 1.81 bits per heavy atom. The van der Waals surface area contributed by atoms with E-state index in [2.05, 4.69) is 21.5 Å². The van der Waals surface area contributed by atoms with Crippen LogP contribution in [0.2, 0.25) is 0 Å². The number of rotatable bonds is 4. The number of anilines is 3. The largest absolute Gasteiger partial charge is 0.368 e.